The summed E-state index contributed by atoms with van der Waals surface area (Å²) >= 11 is 0. The smallest absolute Gasteiger partial charge is 0.270 e. The number of nitro groups is 1. The molecule has 138 valence electrons. The Bertz CT molecular complexity index is 814. The number of hydrogen-bond donors (Lipinski definition) is 1. The third kappa shape index (κ3) is 4.28. The van der Waals surface area contributed by atoms with Crippen molar-refractivity contribution < 1.29 is 9.72 Å². The van der Waals surface area contributed by atoms with Crippen LogP contribution in [0.25, 0.3) is 10.9 Å². The number of non-ortho nitro benzene ring substituents is 1. The minimum Gasteiger partial charge on any atom is -0.367 e. The lowest BCUT2D eigenvalue weighted by molar-refractivity contribution is -0.384. The number of amides is 1. The summed E-state index contributed by atoms with van der Waals surface area (Å²) in [6.07, 6.45) is 2.39. The molecule has 3 rings (SSSR count). The van der Waals surface area contributed by atoms with Gasteiger partial charge in [0.1, 0.15) is 5.82 Å². The van der Waals surface area contributed by atoms with Crippen molar-refractivity contribution in [3.63, 3.8) is 0 Å². The number of carbonyl (C=O) groups is 1. The summed E-state index contributed by atoms with van der Waals surface area (Å²) in [7, 11) is 0. The number of hydrogen-bond acceptors (Lipinski definition) is 5. The van der Waals surface area contributed by atoms with Crippen LogP contribution >= 0.6 is 0 Å². The minimum absolute atomic E-state index is 0.0680. The van der Waals surface area contributed by atoms with Gasteiger partial charge in [-0.25, -0.2) is 4.98 Å². The summed E-state index contributed by atoms with van der Waals surface area (Å²) in [5.74, 6) is 1.39. The third-order valence-corrected chi connectivity index (χ3v) is 4.67. The molecule has 1 N–H and O–H groups in total. The number of piperidine rings is 1. The van der Waals surface area contributed by atoms with Gasteiger partial charge in [0.2, 0.25) is 5.91 Å². The van der Waals surface area contributed by atoms with Gasteiger partial charge in [0.05, 0.1) is 10.4 Å². The number of benzene rings is 1. The molecule has 1 fully saturated rings. The first kappa shape index (κ1) is 18.1. The van der Waals surface area contributed by atoms with E-state index in [1.807, 2.05) is 17.0 Å². The molecule has 7 heteroatoms. The third-order valence-electron chi connectivity index (χ3n) is 4.67. The zero-order chi connectivity index (χ0) is 18.7. The largest absolute Gasteiger partial charge is 0.367 e. The van der Waals surface area contributed by atoms with Gasteiger partial charge in [0.25, 0.3) is 5.69 Å². The first-order valence-corrected chi connectivity index (χ1v) is 9.02. The summed E-state index contributed by atoms with van der Waals surface area (Å²) in [5, 5.41) is 15.0. The van der Waals surface area contributed by atoms with E-state index in [0.29, 0.717) is 12.3 Å². The van der Waals surface area contributed by atoms with Crippen molar-refractivity contribution in [2.45, 2.75) is 39.2 Å². The maximum Gasteiger partial charge on any atom is 0.270 e. The molecule has 0 unspecified atom stereocenters. The fourth-order valence-corrected chi connectivity index (χ4v) is 3.27. The number of rotatable bonds is 5. The van der Waals surface area contributed by atoms with Gasteiger partial charge in [-0.05, 0) is 37.0 Å². The molecule has 0 bridgehead atoms. The number of likely N-dealkylation sites (tertiary alicyclic amines) is 1. The number of anilines is 1. The van der Waals surface area contributed by atoms with Gasteiger partial charge in [-0.15, -0.1) is 0 Å². The van der Waals surface area contributed by atoms with E-state index in [2.05, 4.69) is 24.1 Å². The highest BCUT2D eigenvalue weighted by molar-refractivity contribution is 5.82. The summed E-state index contributed by atoms with van der Waals surface area (Å²) < 4.78 is 0. The van der Waals surface area contributed by atoms with Gasteiger partial charge >= 0.3 is 0 Å². The van der Waals surface area contributed by atoms with E-state index in [1.54, 1.807) is 6.07 Å². The molecule has 7 nitrogen and oxygen atoms in total. The van der Waals surface area contributed by atoms with E-state index in [9.17, 15) is 14.9 Å². The van der Waals surface area contributed by atoms with E-state index < -0.39 is 4.92 Å². The van der Waals surface area contributed by atoms with Crippen LogP contribution in [0.3, 0.4) is 0 Å². The van der Waals surface area contributed by atoms with E-state index in [-0.39, 0.29) is 17.6 Å². The summed E-state index contributed by atoms with van der Waals surface area (Å²) in [4.78, 5) is 29.1. The molecule has 2 heterocycles. The van der Waals surface area contributed by atoms with Gasteiger partial charge < -0.3 is 10.2 Å². The molecule has 2 aromatic rings. The van der Waals surface area contributed by atoms with Crippen molar-refractivity contribution in [1.82, 2.24) is 9.88 Å². The number of aromatic nitrogens is 1. The number of carbonyl (C=O) groups excluding carboxylic acids is 1. The average Bonchev–Trinajstić information content (AvgIpc) is 2.61. The second kappa shape index (κ2) is 7.68. The summed E-state index contributed by atoms with van der Waals surface area (Å²) in [6, 6.07) is 8.65. The number of nitro benzene ring substituents is 1. The van der Waals surface area contributed by atoms with Gasteiger partial charge in [0, 0.05) is 43.1 Å². The monoisotopic (exact) mass is 356 g/mol. The van der Waals surface area contributed by atoms with Crippen molar-refractivity contribution in [3.05, 3.63) is 40.4 Å². The van der Waals surface area contributed by atoms with Crippen molar-refractivity contribution in [2.75, 3.05) is 18.4 Å². The standard InChI is InChI=1S/C19H24N4O3/c1-13(2)11-19(24)22-9-7-15(8-10-22)20-18-6-3-14-12-16(23(25)26)4-5-17(14)21-18/h3-6,12-13,15H,7-11H2,1-2H3,(H,20,21). The molecule has 26 heavy (non-hydrogen) atoms. The summed E-state index contributed by atoms with van der Waals surface area (Å²) in [5.41, 5.74) is 0.795. The minimum atomic E-state index is -0.403. The number of nitrogens with one attached hydrogen (secondary N) is 1. The first-order chi connectivity index (χ1) is 12.4. The van der Waals surface area contributed by atoms with E-state index in [1.165, 1.54) is 12.1 Å². The highest BCUT2D eigenvalue weighted by Crippen LogP contribution is 2.23. The molecule has 0 atom stereocenters. The topological polar surface area (TPSA) is 88.4 Å². The second-order valence-electron chi connectivity index (χ2n) is 7.23. The fourth-order valence-electron chi connectivity index (χ4n) is 3.27. The SMILES string of the molecule is CC(C)CC(=O)N1CCC(Nc2ccc3cc([N+](=O)[O-])ccc3n2)CC1. The van der Waals surface area contributed by atoms with Gasteiger partial charge in [0.15, 0.2) is 0 Å². The van der Waals surface area contributed by atoms with Crippen LogP contribution in [0.15, 0.2) is 30.3 Å². The molecule has 1 aromatic carbocycles. The molecule has 0 spiro atoms. The van der Waals surface area contributed by atoms with Gasteiger partial charge in [-0.2, -0.15) is 0 Å². The molecule has 0 aliphatic carbocycles. The van der Waals surface area contributed by atoms with E-state index in [4.69, 9.17) is 0 Å². The van der Waals surface area contributed by atoms with Crippen molar-refractivity contribution in [3.8, 4) is 0 Å². The van der Waals surface area contributed by atoms with Crippen LogP contribution in [0.1, 0.15) is 33.1 Å². The average molecular weight is 356 g/mol. The van der Waals surface area contributed by atoms with E-state index in [0.717, 1.165) is 42.7 Å². The molecule has 1 amide bonds. The van der Waals surface area contributed by atoms with Crippen LogP contribution < -0.4 is 5.32 Å². The Morgan fingerprint density at radius 2 is 2.04 bits per heavy atom. The Hall–Kier alpha value is -2.70. The van der Waals surface area contributed by atoms with Crippen LogP contribution in [-0.2, 0) is 4.79 Å². The van der Waals surface area contributed by atoms with Crippen LogP contribution in [0.2, 0.25) is 0 Å². The van der Waals surface area contributed by atoms with Crippen molar-refractivity contribution in [1.29, 1.82) is 0 Å². The Morgan fingerprint density at radius 3 is 2.69 bits per heavy atom. The predicted octanol–water partition coefficient (Wildman–Crippen LogP) is 3.59. The number of fused-ring (bicyclic) bond motifs is 1. The van der Waals surface area contributed by atoms with Crippen molar-refractivity contribution >= 4 is 28.3 Å². The molecular weight excluding hydrogens is 332 g/mol. The van der Waals surface area contributed by atoms with Crippen LogP contribution in [0, 0.1) is 16.0 Å². The number of nitrogens with zero attached hydrogens (tertiary/aromatic N) is 3. The second-order valence-corrected chi connectivity index (χ2v) is 7.23. The maximum absolute atomic E-state index is 12.1. The Balaban J connectivity index is 1.60. The van der Waals surface area contributed by atoms with E-state index >= 15 is 0 Å². The zero-order valence-corrected chi connectivity index (χ0v) is 15.1. The predicted molar refractivity (Wildman–Crippen MR) is 101 cm³/mol. The molecule has 1 aliphatic heterocycles. The molecule has 0 radical (unpaired) electrons. The highest BCUT2D eigenvalue weighted by Gasteiger charge is 2.23. The summed E-state index contributed by atoms with van der Waals surface area (Å²) in [6.45, 7) is 5.66. The quantitative estimate of drug-likeness (QED) is 0.653. The van der Waals surface area contributed by atoms with Crippen LogP contribution in [-0.4, -0.2) is 39.8 Å². The first-order valence-electron chi connectivity index (χ1n) is 9.02. The fraction of sp³-hybridized carbons (Fsp3) is 0.474. The maximum atomic E-state index is 12.1. The lowest BCUT2D eigenvalue weighted by Gasteiger charge is -2.33. The van der Waals surface area contributed by atoms with Gasteiger partial charge in [-0.1, -0.05) is 13.8 Å². The van der Waals surface area contributed by atoms with Crippen LogP contribution in [0.5, 0.6) is 0 Å². The molecule has 1 aromatic heterocycles. The van der Waals surface area contributed by atoms with Crippen LogP contribution in [0.4, 0.5) is 11.5 Å². The highest BCUT2D eigenvalue weighted by atomic mass is 16.6. The molecule has 0 saturated carbocycles. The zero-order valence-electron chi connectivity index (χ0n) is 15.1. The van der Waals surface area contributed by atoms with Gasteiger partial charge in [-0.3, -0.25) is 14.9 Å². The molecular formula is C19H24N4O3. The Morgan fingerprint density at radius 1 is 1.31 bits per heavy atom. The lowest BCUT2D eigenvalue weighted by atomic mass is 10.0. The normalized spacial score (nSPS) is 15.4. The molecule has 1 saturated heterocycles. The Kier molecular flexibility index (Phi) is 5.35. The Labute approximate surface area is 152 Å². The molecule has 1 aliphatic rings. The lowest BCUT2D eigenvalue weighted by Crippen LogP contribution is -2.42. The number of pyridine rings is 1. The van der Waals surface area contributed by atoms with Crippen molar-refractivity contribution in [2.24, 2.45) is 5.92 Å².